The quantitative estimate of drug-likeness (QED) is 0.765. The maximum absolute atomic E-state index is 12.0. The molecule has 1 heterocycles. The number of methoxy groups -OCH3 is 1. The molecule has 0 amide bonds. The van der Waals surface area contributed by atoms with Crippen molar-refractivity contribution < 1.29 is 23.5 Å². The first-order valence-corrected chi connectivity index (χ1v) is 8.56. The molecule has 132 valence electrons. The van der Waals surface area contributed by atoms with Crippen LogP contribution in [0.15, 0.2) is 41.0 Å². The van der Waals surface area contributed by atoms with Gasteiger partial charge in [0.05, 0.1) is 19.3 Å². The number of ether oxygens (including phenoxy) is 2. The van der Waals surface area contributed by atoms with Crippen LogP contribution >= 0.6 is 0 Å². The second-order valence-electron chi connectivity index (χ2n) is 6.30. The van der Waals surface area contributed by atoms with Crippen molar-refractivity contribution in [3.05, 3.63) is 42.2 Å². The minimum Gasteiger partial charge on any atom is -0.469 e. The van der Waals surface area contributed by atoms with Crippen LogP contribution in [0.2, 0.25) is 0 Å². The maximum atomic E-state index is 12.0. The van der Waals surface area contributed by atoms with Crippen molar-refractivity contribution in [1.29, 1.82) is 0 Å². The van der Waals surface area contributed by atoms with Crippen LogP contribution in [0.4, 0.5) is 0 Å². The van der Waals surface area contributed by atoms with E-state index in [1.165, 1.54) is 7.11 Å². The highest BCUT2D eigenvalue weighted by Gasteiger charge is 2.30. The van der Waals surface area contributed by atoms with Crippen molar-refractivity contribution in [2.24, 2.45) is 5.92 Å². The van der Waals surface area contributed by atoms with Gasteiger partial charge in [-0.1, -0.05) is 19.1 Å². The number of carbonyl (C=O) groups is 2. The highest BCUT2D eigenvalue weighted by Crippen LogP contribution is 2.34. The largest absolute Gasteiger partial charge is 0.469 e. The van der Waals surface area contributed by atoms with Crippen molar-refractivity contribution >= 4 is 28.5 Å². The molecule has 3 rings (SSSR count). The smallest absolute Gasteiger partial charge is 0.312 e. The van der Waals surface area contributed by atoms with Gasteiger partial charge in [-0.25, -0.2) is 0 Å². The Morgan fingerprint density at radius 3 is 2.88 bits per heavy atom. The van der Waals surface area contributed by atoms with Gasteiger partial charge in [-0.3, -0.25) is 9.59 Å². The molecule has 0 bridgehead atoms. The summed E-state index contributed by atoms with van der Waals surface area (Å²) in [5, 5.41) is 0.998. The van der Waals surface area contributed by atoms with Crippen molar-refractivity contribution in [1.82, 2.24) is 0 Å². The topological polar surface area (TPSA) is 65.7 Å². The Kier molecular flexibility index (Phi) is 5.22. The number of carbonyl (C=O) groups excluding carboxylic acids is 2. The van der Waals surface area contributed by atoms with E-state index in [2.05, 4.69) is 0 Å². The first-order valence-electron chi connectivity index (χ1n) is 8.56. The van der Waals surface area contributed by atoms with Crippen LogP contribution in [0.5, 0.6) is 0 Å². The molecule has 0 aliphatic heterocycles. The van der Waals surface area contributed by atoms with Crippen LogP contribution in [-0.2, 0) is 19.1 Å². The number of hydrogen-bond acceptors (Lipinski definition) is 5. The number of hydrogen-bond donors (Lipinski definition) is 0. The number of rotatable bonds is 5. The molecule has 1 aliphatic rings. The molecule has 1 unspecified atom stereocenters. The van der Waals surface area contributed by atoms with E-state index in [4.69, 9.17) is 13.9 Å². The maximum Gasteiger partial charge on any atom is 0.312 e. The van der Waals surface area contributed by atoms with E-state index >= 15 is 0 Å². The Labute approximate surface area is 146 Å². The van der Waals surface area contributed by atoms with Crippen LogP contribution in [0, 0.1) is 5.92 Å². The lowest BCUT2D eigenvalue weighted by atomic mass is 9.85. The Morgan fingerprint density at radius 1 is 1.28 bits per heavy atom. The molecule has 2 atom stereocenters. The third-order valence-corrected chi connectivity index (χ3v) is 4.45. The third kappa shape index (κ3) is 3.92. The van der Waals surface area contributed by atoms with Crippen LogP contribution < -0.4 is 0 Å². The minimum absolute atomic E-state index is 0.220. The van der Waals surface area contributed by atoms with Gasteiger partial charge in [-0.05, 0) is 35.8 Å². The molecular formula is C20H22O5. The molecule has 0 saturated heterocycles. The zero-order valence-electron chi connectivity index (χ0n) is 14.5. The van der Waals surface area contributed by atoms with Gasteiger partial charge < -0.3 is 13.9 Å². The molecule has 1 aromatic heterocycles. The van der Waals surface area contributed by atoms with Crippen molar-refractivity contribution in [2.45, 2.75) is 38.7 Å². The summed E-state index contributed by atoms with van der Waals surface area (Å²) in [6, 6.07) is 7.79. The van der Waals surface area contributed by atoms with Gasteiger partial charge in [0.15, 0.2) is 0 Å². The summed E-state index contributed by atoms with van der Waals surface area (Å²) in [4.78, 5) is 23.9. The lowest BCUT2D eigenvalue weighted by molar-refractivity contribution is -0.153. The molecule has 0 spiro atoms. The molecule has 25 heavy (non-hydrogen) atoms. The number of fused-ring (bicyclic) bond motifs is 1. The van der Waals surface area contributed by atoms with E-state index in [1.54, 1.807) is 6.26 Å². The second-order valence-corrected chi connectivity index (χ2v) is 6.30. The van der Waals surface area contributed by atoms with Crippen LogP contribution in [0.1, 0.15) is 38.2 Å². The van der Waals surface area contributed by atoms with Gasteiger partial charge in [0.2, 0.25) is 0 Å². The fourth-order valence-corrected chi connectivity index (χ4v) is 3.23. The molecular weight excluding hydrogens is 320 g/mol. The molecule has 1 aliphatic carbocycles. The standard InChI is InChI=1S/C20H22O5/c1-3-4-19(21)25-17-11-15(10-16(12-17)20(22)23-2)13-5-6-18-14(9-13)7-8-24-18/h5-10,16-17H,3-4,11-12H2,1-2H3/t16?,17-/m0/s1. The minimum atomic E-state index is -0.409. The molecule has 1 aromatic carbocycles. The van der Waals surface area contributed by atoms with Crippen LogP contribution in [-0.4, -0.2) is 25.2 Å². The van der Waals surface area contributed by atoms with Gasteiger partial charge >= 0.3 is 11.9 Å². The average molecular weight is 342 g/mol. The predicted molar refractivity (Wildman–Crippen MR) is 93.7 cm³/mol. The van der Waals surface area contributed by atoms with E-state index in [1.807, 2.05) is 37.3 Å². The third-order valence-electron chi connectivity index (χ3n) is 4.45. The normalized spacial score (nSPS) is 20.2. The predicted octanol–water partition coefficient (Wildman–Crippen LogP) is 4.11. The van der Waals surface area contributed by atoms with Gasteiger partial charge in [0.25, 0.3) is 0 Å². The molecule has 5 heteroatoms. The molecule has 0 N–H and O–H groups in total. The van der Waals surface area contributed by atoms with Crippen LogP contribution in [0.3, 0.4) is 0 Å². The molecule has 0 fully saturated rings. The van der Waals surface area contributed by atoms with Gasteiger partial charge in [0, 0.05) is 24.6 Å². The summed E-state index contributed by atoms with van der Waals surface area (Å²) in [6.07, 6.45) is 5.44. The van der Waals surface area contributed by atoms with Crippen LogP contribution in [0.25, 0.3) is 16.5 Å². The van der Waals surface area contributed by atoms with E-state index < -0.39 is 5.92 Å². The van der Waals surface area contributed by atoms with E-state index in [-0.39, 0.29) is 18.0 Å². The summed E-state index contributed by atoms with van der Waals surface area (Å²) in [5.74, 6) is -0.936. The molecule has 0 saturated carbocycles. The molecule has 0 radical (unpaired) electrons. The van der Waals surface area contributed by atoms with Crippen molar-refractivity contribution in [2.75, 3.05) is 7.11 Å². The lowest BCUT2D eigenvalue weighted by Crippen LogP contribution is -2.29. The first-order chi connectivity index (χ1) is 12.1. The van der Waals surface area contributed by atoms with Gasteiger partial charge in [-0.15, -0.1) is 0 Å². The summed E-state index contributed by atoms with van der Waals surface area (Å²) in [6.45, 7) is 1.94. The number of furan rings is 1. The lowest BCUT2D eigenvalue weighted by Gasteiger charge is -2.27. The SMILES string of the molecule is CCCC(=O)O[C@H]1CC(c2ccc3occc3c2)=CC(C(=O)OC)C1. The van der Waals surface area contributed by atoms with E-state index in [0.29, 0.717) is 19.3 Å². The fourth-order valence-electron chi connectivity index (χ4n) is 3.23. The van der Waals surface area contributed by atoms with E-state index in [0.717, 1.165) is 28.5 Å². The highest BCUT2D eigenvalue weighted by molar-refractivity contribution is 5.85. The molecule has 5 nitrogen and oxygen atoms in total. The van der Waals surface area contributed by atoms with Crippen molar-refractivity contribution in [3.8, 4) is 0 Å². The Morgan fingerprint density at radius 2 is 2.12 bits per heavy atom. The van der Waals surface area contributed by atoms with Crippen molar-refractivity contribution in [3.63, 3.8) is 0 Å². The second kappa shape index (κ2) is 7.55. The summed E-state index contributed by atoms with van der Waals surface area (Å²) in [5.41, 5.74) is 2.80. The fraction of sp³-hybridized carbons (Fsp3) is 0.400. The monoisotopic (exact) mass is 342 g/mol. The Bertz CT molecular complexity index is 801. The number of benzene rings is 1. The van der Waals surface area contributed by atoms with Gasteiger partial charge in [0.1, 0.15) is 11.7 Å². The Balaban J connectivity index is 1.87. The highest BCUT2D eigenvalue weighted by atomic mass is 16.5. The van der Waals surface area contributed by atoms with Gasteiger partial charge in [-0.2, -0.15) is 0 Å². The zero-order valence-corrected chi connectivity index (χ0v) is 14.5. The first kappa shape index (κ1) is 17.3. The summed E-state index contributed by atoms with van der Waals surface area (Å²) < 4.78 is 15.8. The Hall–Kier alpha value is -2.56. The average Bonchev–Trinajstić information content (AvgIpc) is 3.08. The summed E-state index contributed by atoms with van der Waals surface area (Å²) in [7, 11) is 1.38. The summed E-state index contributed by atoms with van der Waals surface area (Å²) >= 11 is 0. The van der Waals surface area contributed by atoms with E-state index in [9.17, 15) is 9.59 Å². The molecule has 2 aromatic rings. The number of esters is 2. The zero-order chi connectivity index (χ0) is 17.8.